The number of carbonyl (C=O) groups is 1. The van der Waals surface area contributed by atoms with Crippen LogP contribution in [0.25, 0.3) is 5.69 Å². The van der Waals surface area contributed by atoms with Gasteiger partial charge in [0.2, 0.25) is 5.43 Å². The zero-order valence-electron chi connectivity index (χ0n) is 14.1. The maximum atomic E-state index is 14.1. The molecular weight excluding hydrogens is 357 g/mol. The zero-order chi connectivity index (χ0) is 18.8. The van der Waals surface area contributed by atoms with Crippen LogP contribution in [-0.2, 0) is 0 Å². The van der Waals surface area contributed by atoms with Crippen LogP contribution >= 0.6 is 11.6 Å². The average molecular weight is 372 g/mol. The number of para-hydroxylation sites is 1. The van der Waals surface area contributed by atoms with Gasteiger partial charge in [0.1, 0.15) is 11.5 Å². The van der Waals surface area contributed by atoms with E-state index in [0.29, 0.717) is 16.4 Å². The first kappa shape index (κ1) is 17.8. The number of nitrogens with one attached hydrogen (secondary N) is 1. The number of amides is 1. The van der Waals surface area contributed by atoms with Crippen LogP contribution in [0.3, 0.4) is 0 Å². The van der Waals surface area contributed by atoms with E-state index in [2.05, 4.69) is 10.4 Å². The maximum absolute atomic E-state index is 14.1. The molecule has 132 valence electrons. The molecule has 1 N–H and O–H groups in total. The lowest BCUT2D eigenvalue weighted by molar-refractivity contribution is 0.101. The summed E-state index contributed by atoms with van der Waals surface area (Å²) in [6, 6.07) is 12.3. The highest BCUT2D eigenvalue weighted by atomic mass is 35.5. The Labute approximate surface area is 154 Å². The monoisotopic (exact) mass is 371 g/mol. The lowest BCUT2D eigenvalue weighted by Crippen LogP contribution is -2.27. The van der Waals surface area contributed by atoms with Crippen LogP contribution in [0.4, 0.5) is 10.1 Å². The minimum Gasteiger partial charge on any atom is -0.319 e. The molecule has 2 aromatic carbocycles. The van der Waals surface area contributed by atoms with Gasteiger partial charge in [-0.1, -0.05) is 29.8 Å². The molecule has 5 nitrogen and oxygen atoms in total. The molecule has 0 saturated heterocycles. The molecule has 0 saturated carbocycles. The standard InChI is InChI=1S/C19H15ClFN3O2/c1-11-7-8-15(13(20)9-11)22-19(26)18-17(25)10-12(2)24(23-18)16-6-4-3-5-14(16)21/h3-10H,1-2H3,(H,22,26). The first-order valence-electron chi connectivity index (χ1n) is 7.80. The van der Waals surface area contributed by atoms with Crippen LogP contribution in [0.1, 0.15) is 21.7 Å². The highest BCUT2D eigenvalue weighted by molar-refractivity contribution is 6.34. The van der Waals surface area contributed by atoms with Crippen LogP contribution in [-0.4, -0.2) is 15.7 Å². The smallest absolute Gasteiger partial charge is 0.280 e. The maximum Gasteiger partial charge on any atom is 0.280 e. The average Bonchev–Trinajstić information content (AvgIpc) is 2.58. The van der Waals surface area contributed by atoms with Gasteiger partial charge in [-0.15, -0.1) is 0 Å². The van der Waals surface area contributed by atoms with E-state index in [1.165, 1.54) is 22.9 Å². The van der Waals surface area contributed by atoms with Gasteiger partial charge in [0, 0.05) is 11.8 Å². The van der Waals surface area contributed by atoms with Crippen molar-refractivity contribution in [3.05, 3.63) is 86.5 Å². The van der Waals surface area contributed by atoms with Crippen molar-refractivity contribution in [1.82, 2.24) is 9.78 Å². The molecule has 0 aliphatic carbocycles. The summed E-state index contributed by atoms with van der Waals surface area (Å²) in [6.45, 7) is 3.48. The summed E-state index contributed by atoms with van der Waals surface area (Å²) in [6.07, 6.45) is 0. The SMILES string of the molecule is Cc1ccc(NC(=O)c2nn(-c3ccccc3F)c(C)cc2=O)c(Cl)c1. The van der Waals surface area contributed by atoms with Gasteiger partial charge >= 0.3 is 0 Å². The van der Waals surface area contributed by atoms with E-state index in [4.69, 9.17) is 11.6 Å². The molecule has 0 aliphatic heterocycles. The topological polar surface area (TPSA) is 64.0 Å². The number of anilines is 1. The number of carbonyl (C=O) groups excluding carboxylic acids is 1. The van der Waals surface area contributed by atoms with E-state index >= 15 is 0 Å². The van der Waals surface area contributed by atoms with Gasteiger partial charge in [-0.05, 0) is 43.7 Å². The van der Waals surface area contributed by atoms with Crippen LogP contribution < -0.4 is 10.7 Å². The van der Waals surface area contributed by atoms with E-state index < -0.39 is 17.2 Å². The van der Waals surface area contributed by atoms with Crippen LogP contribution in [0.5, 0.6) is 0 Å². The molecule has 0 unspecified atom stereocenters. The Kier molecular flexibility index (Phi) is 4.86. The number of aryl methyl sites for hydroxylation is 2. The fraction of sp³-hybridized carbons (Fsp3) is 0.105. The van der Waals surface area contributed by atoms with Crippen molar-refractivity contribution in [2.45, 2.75) is 13.8 Å². The Morgan fingerprint density at radius 2 is 1.88 bits per heavy atom. The number of halogens is 2. The second-order valence-electron chi connectivity index (χ2n) is 5.80. The Morgan fingerprint density at radius 1 is 1.15 bits per heavy atom. The van der Waals surface area contributed by atoms with Crippen LogP contribution in [0.2, 0.25) is 5.02 Å². The van der Waals surface area contributed by atoms with Crippen molar-refractivity contribution in [3.63, 3.8) is 0 Å². The number of rotatable bonds is 3. The Morgan fingerprint density at radius 3 is 2.58 bits per heavy atom. The van der Waals surface area contributed by atoms with Gasteiger partial charge in [0.25, 0.3) is 5.91 Å². The molecule has 0 radical (unpaired) electrons. The highest BCUT2D eigenvalue weighted by Crippen LogP contribution is 2.23. The van der Waals surface area contributed by atoms with Crippen molar-refractivity contribution < 1.29 is 9.18 Å². The van der Waals surface area contributed by atoms with E-state index in [0.717, 1.165) is 5.56 Å². The first-order chi connectivity index (χ1) is 12.4. The summed E-state index contributed by atoms with van der Waals surface area (Å²) in [4.78, 5) is 24.7. The Hall–Kier alpha value is -2.99. The quantitative estimate of drug-likeness (QED) is 0.759. The lowest BCUT2D eigenvalue weighted by Gasteiger charge is -2.12. The third kappa shape index (κ3) is 3.50. The molecule has 0 aliphatic rings. The molecule has 0 spiro atoms. The van der Waals surface area contributed by atoms with Crippen molar-refractivity contribution in [2.24, 2.45) is 0 Å². The number of hydrogen-bond acceptors (Lipinski definition) is 3. The zero-order valence-corrected chi connectivity index (χ0v) is 14.8. The summed E-state index contributed by atoms with van der Waals surface area (Å²) >= 11 is 6.11. The largest absolute Gasteiger partial charge is 0.319 e. The molecular formula is C19H15ClFN3O2. The first-order valence-corrected chi connectivity index (χ1v) is 8.18. The second-order valence-corrected chi connectivity index (χ2v) is 6.21. The van der Waals surface area contributed by atoms with Crippen LogP contribution in [0, 0.1) is 19.7 Å². The number of hydrogen-bond donors (Lipinski definition) is 1. The minimum absolute atomic E-state index is 0.146. The fourth-order valence-corrected chi connectivity index (χ4v) is 2.76. The summed E-state index contributed by atoms with van der Waals surface area (Å²) in [7, 11) is 0. The predicted molar refractivity (Wildman–Crippen MR) is 98.7 cm³/mol. The number of aromatic nitrogens is 2. The van der Waals surface area contributed by atoms with Gasteiger partial charge < -0.3 is 5.32 Å². The minimum atomic E-state index is -0.717. The summed E-state index contributed by atoms with van der Waals surface area (Å²) in [5, 5.41) is 6.97. The normalized spacial score (nSPS) is 10.6. The third-order valence-electron chi connectivity index (χ3n) is 3.78. The molecule has 1 aromatic heterocycles. The predicted octanol–water partition coefficient (Wildman–Crippen LogP) is 3.89. The molecule has 0 bridgehead atoms. The third-order valence-corrected chi connectivity index (χ3v) is 4.09. The summed E-state index contributed by atoms with van der Waals surface area (Å²) < 4.78 is 15.3. The van der Waals surface area contributed by atoms with Gasteiger partial charge in [0.15, 0.2) is 5.69 Å². The molecule has 0 fully saturated rings. The second kappa shape index (κ2) is 7.09. The van der Waals surface area contributed by atoms with E-state index in [1.54, 1.807) is 37.3 Å². The van der Waals surface area contributed by atoms with E-state index in [9.17, 15) is 14.0 Å². The Balaban J connectivity index is 2.02. The fourth-order valence-electron chi connectivity index (χ4n) is 2.48. The van der Waals surface area contributed by atoms with Gasteiger partial charge in [-0.2, -0.15) is 5.10 Å². The molecule has 1 amide bonds. The molecule has 0 atom stereocenters. The Bertz CT molecular complexity index is 1060. The van der Waals surface area contributed by atoms with Crippen molar-refractivity contribution in [3.8, 4) is 5.69 Å². The van der Waals surface area contributed by atoms with Gasteiger partial charge in [-0.25, -0.2) is 9.07 Å². The summed E-state index contributed by atoms with van der Waals surface area (Å²) in [5.74, 6) is -1.23. The molecule has 3 aromatic rings. The van der Waals surface area contributed by atoms with Crippen LogP contribution in [0.15, 0.2) is 53.3 Å². The molecule has 1 heterocycles. The van der Waals surface area contributed by atoms with Gasteiger partial charge in [-0.3, -0.25) is 9.59 Å². The van der Waals surface area contributed by atoms with E-state index in [-0.39, 0.29) is 11.4 Å². The highest BCUT2D eigenvalue weighted by Gasteiger charge is 2.17. The van der Waals surface area contributed by atoms with Crippen molar-refractivity contribution in [1.29, 1.82) is 0 Å². The van der Waals surface area contributed by atoms with E-state index in [1.807, 2.05) is 6.92 Å². The lowest BCUT2D eigenvalue weighted by atomic mass is 10.2. The molecule has 7 heteroatoms. The number of nitrogens with zero attached hydrogens (tertiary/aromatic N) is 2. The summed E-state index contributed by atoms with van der Waals surface area (Å²) in [5.41, 5.74) is 0.939. The van der Waals surface area contributed by atoms with Gasteiger partial charge in [0.05, 0.1) is 10.7 Å². The molecule has 26 heavy (non-hydrogen) atoms. The molecule has 3 rings (SSSR count). The number of benzene rings is 2. The van der Waals surface area contributed by atoms with Crippen molar-refractivity contribution >= 4 is 23.2 Å². The van der Waals surface area contributed by atoms with Crippen molar-refractivity contribution in [2.75, 3.05) is 5.32 Å².